The highest BCUT2D eigenvalue weighted by Crippen LogP contribution is 2.39. The van der Waals surface area contributed by atoms with Crippen LogP contribution in [0.25, 0.3) is 16.9 Å². The summed E-state index contributed by atoms with van der Waals surface area (Å²) in [5.74, 6) is 1.79. The van der Waals surface area contributed by atoms with E-state index in [4.69, 9.17) is 33.0 Å². The first-order valence-corrected chi connectivity index (χ1v) is 9.39. The van der Waals surface area contributed by atoms with Gasteiger partial charge in [0.2, 0.25) is 0 Å². The number of ether oxygens (including phenoxy) is 1. The fourth-order valence-electron chi connectivity index (χ4n) is 3.38. The third kappa shape index (κ3) is 3.04. The molecule has 134 valence electrons. The fourth-order valence-corrected chi connectivity index (χ4v) is 3.75. The molecule has 0 aliphatic carbocycles. The standard InChI is InChI=1S/C20H19Cl2N3O/c1-26-18-8-3-2-6-14(18)19-15-7-4-5-11-23-20(15)25(24-19)17-12-13(21)9-10-16(17)22/h2-3,6,8-10,12,23H,4-5,7,11H2,1H3. The molecular weight excluding hydrogens is 369 g/mol. The summed E-state index contributed by atoms with van der Waals surface area (Å²) >= 11 is 12.7. The van der Waals surface area contributed by atoms with E-state index in [-0.39, 0.29) is 0 Å². The minimum absolute atomic E-state index is 0.609. The highest BCUT2D eigenvalue weighted by Gasteiger charge is 2.24. The molecule has 0 unspecified atom stereocenters. The van der Waals surface area contributed by atoms with E-state index in [1.165, 1.54) is 5.56 Å². The molecule has 6 heteroatoms. The maximum absolute atomic E-state index is 6.46. The van der Waals surface area contributed by atoms with Crippen LogP contribution in [0.3, 0.4) is 0 Å². The molecule has 1 aromatic heterocycles. The van der Waals surface area contributed by atoms with Gasteiger partial charge in [0.15, 0.2) is 0 Å². The van der Waals surface area contributed by atoms with Gasteiger partial charge >= 0.3 is 0 Å². The van der Waals surface area contributed by atoms with E-state index in [0.717, 1.165) is 54.3 Å². The Hall–Kier alpha value is -2.17. The number of nitrogens with one attached hydrogen (secondary N) is 1. The molecule has 2 aromatic carbocycles. The number of halogens is 2. The van der Waals surface area contributed by atoms with Crippen molar-refractivity contribution in [1.29, 1.82) is 0 Å². The summed E-state index contributed by atoms with van der Waals surface area (Å²) in [5, 5.41) is 9.67. The van der Waals surface area contributed by atoms with Crippen LogP contribution in [0, 0.1) is 0 Å². The molecule has 4 nitrogen and oxygen atoms in total. The van der Waals surface area contributed by atoms with E-state index in [9.17, 15) is 0 Å². The summed E-state index contributed by atoms with van der Waals surface area (Å²) in [6, 6.07) is 13.4. The van der Waals surface area contributed by atoms with Gasteiger partial charge in [-0.2, -0.15) is 5.10 Å². The van der Waals surface area contributed by atoms with Crippen molar-refractivity contribution in [3.8, 4) is 22.7 Å². The van der Waals surface area contributed by atoms with Crippen molar-refractivity contribution in [3.63, 3.8) is 0 Å². The van der Waals surface area contributed by atoms with Gasteiger partial charge in [-0.1, -0.05) is 35.3 Å². The largest absolute Gasteiger partial charge is 0.496 e. The lowest BCUT2D eigenvalue weighted by atomic mass is 10.0. The molecule has 0 saturated heterocycles. The molecule has 0 amide bonds. The Morgan fingerprint density at radius 1 is 1.12 bits per heavy atom. The van der Waals surface area contributed by atoms with E-state index in [0.29, 0.717) is 10.0 Å². The summed E-state index contributed by atoms with van der Waals surface area (Å²) in [6.07, 6.45) is 3.17. The lowest BCUT2D eigenvalue weighted by molar-refractivity contribution is 0.416. The molecule has 1 N–H and O–H groups in total. The van der Waals surface area contributed by atoms with E-state index < -0.39 is 0 Å². The van der Waals surface area contributed by atoms with Crippen LogP contribution in [0.4, 0.5) is 5.82 Å². The van der Waals surface area contributed by atoms with Gasteiger partial charge in [0, 0.05) is 22.7 Å². The minimum atomic E-state index is 0.609. The molecule has 0 spiro atoms. The Labute approximate surface area is 162 Å². The van der Waals surface area contributed by atoms with Crippen molar-refractivity contribution in [2.24, 2.45) is 0 Å². The SMILES string of the molecule is COc1ccccc1-c1nn(-c2cc(Cl)ccc2Cl)c2c1CCCCN2. The number of hydrogen-bond acceptors (Lipinski definition) is 3. The van der Waals surface area contributed by atoms with Crippen molar-refractivity contribution in [2.45, 2.75) is 19.3 Å². The molecule has 1 aliphatic rings. The molecule has 0 radical (unpaired) electrons. The maximum Gasteiger partial charge on any atom is 0.133 e. The first kappa shape index (κ1) is 17.3. The second-order valence-electron chi connectivity index (χ2n) is 6.27. The average Bonchev–Trinajstić information content (AvgIpc) is 2.84. The Morgan fingerprint density at radius 3 is 2.81 bits per heavy atom. The molecule has 2 heterocycles. The van der Waals surface area contributed by atoms with Gasteiger partial charge < -0.3 is 10.1 Å². The van der Waals surface area contributed by atoms with Crippen LogP contribution < -0.4 is 10.1 Å². The number of hydrogen-bond donors (Lipinski definition) is 1. The van der Waals surface area contributed by atoms with Crippen LogP contribution in [0.2, 0.25) is 10.0 Å². The van der Waals surface area contributed by atoms with Crippen LogP contribution in [-0.2, 0) is 6.42 Å². The van der Waals surface area contributed by atoms with E-state index in [1.807, 2.05) is 35.0 Å². The Kier molecular flexibility index (Phi) is 4.79. The number of aromatic nitrogens is 2. The van der Waals surface area contributed by atoms with Gasteiger partial charge in [-0.25, -0.2) is 4.68 Å². The summed E-state index contributed by atoms with van der Waals surface area (Å²) < 4.78 is 7.43. The lowest BCUT2D eigenvalue weighted by Gasteiger charge is -2.11. The number of methoxy groups -OCH3 is 1. The third-order valence-corrected chi connectivity index (χ3v) is 5.18. The monoisotopic (exact) mass is 387 g/mol. The molecular formula is C20H19Cl2N3O. The normalized spacial score (nSPS) is 13.7. The van der Waals surface area contributed by atoms with Crippen LogP contribution in [0.5, 0.6) is 5.75 Å². The molecule has 3 aromatic rings. The summed E-state index contributed by atoms with van der Waals surface area (Å²) in [6.45, 7) is 0.905. The predicted molar refractivity (Wildman–Crippen MR) is 107 cm³/mol. The number of nitrogens with zero attached hydrogens (tertiary/aromatic N) is 2. The van der Waals surface area contributed by atoms with Crippen LogP contribution in [0.1, 0.15) is 18.4 Å². The first-order valence-electron chi connectivity index (χ1n) is 8.63. The first-order chi connectivity index (χ1) is 12.7. The van der Waals surface area contributed by atoms with E-state index >= 15 is 0 Å². The van der Waals surface area contributed by atoms with Crippen LogP contribution in [-0.4, -0.2) is 23.4 Å². The van der Waals surface area contributed by atoms with Gasteiger partial charge in [0.05, 0.1) is 17.8 Å². The minimum Gasteiger partial charge on any atom is -0.496 e. The van der Waals surface area contributed by atoms with E-state index in [2.05, 4.69) is 5.32 Å². The highest BCUT2D eigenvalue weighted by atomic mass is 35.5. The molecule has 0 bridgehead atoms. The lowest BCUT2D eigenvalue weighted by Crippen LogP contribution is -2.07. The topological polar surface area (TPSA) is 39.1 Å². The molecule has 0 atom stereocenters. The summed E-state index contributed by atoms with van der Waals surface area (Å²) in [5.41, 5.74) is 3.85. The predicted octanol–water partition coefficient (Wildman–Crippen LogP) is 5.60. The number of rotatable bonds is 3. The van der Waals surface area contributed by atoms with Gasteiger partial charge in [-0.05, 0) is 49.6 Å². The van der Waals surface area contributed by atoms with Crippen LogP contribution in [0.15, 0.2) is 42.5 Å². The highest BCUT2D eigenvalue weighted by molar-refractivity contribution is 6.34. The maximum atomic E-state index is 6.46. The van der Waals surface area contributed by atoms with Gasteiger partial charge in [0.1, 0.15) is 17.3 Å². The van der Waals surface area contributed by atoms with Crippen molar-refractivity contribution >= 4 is 29.0 Å². The molecule has 0 saturated carbocycles. The average molecular weight is 388 g/mol. The summed E-state index contributed by atoms with van der Waals surface area (Å²) in [7, 11) is 1.68. The Bertz CT molecular complexity index is 952. The van der Waals surface area contributed by atoms with Crippen LogP contribution >= 0.6 is 23.2 Å². The van der Waals surface area contributed by atoms with E-state index in [1.54, 1.807) is 19.2 Å². The van der Waals surface area contributed by atoms with Crippen molar-refractivity contribution in [1.82, 2.24) is 9.78 Å². The molecule has 1 aliphatic heterocycles. The molecule has 4 rings (SSSR count). The van der Waals surface area contributed by atoms with Crippen molar-refractivity contribution in [2.75, 3.05) is 19.0 Å². The zero-order valence-electron chi connectivity index (χ0n) is 14.4. The Balaban J connectivity index is 1.97. The van der Waals surface area contributed by atoms with Gasteiger partial charge in [-0.15, -0.1) is 0 Å². The fraction of sp³-hybridized carbons (Fsp3) is 0.250. The third-order valence-electron chi connectivity index (χ3n) is 4.63. The van der Waals surface area contributed by atoms with Gasteiger partial charge in [0.25, 0.3) is 0 Å². The number of fused-ring (bicyclic) bond motifs is 1. The summed E-state index contributed by atoms with van der Waals surface area (Å²) in [4.78, 5) is 0. The van der Waals surface area contributed by atoms with Crippen molar-refractivity contribution < 1.29 is 4.74 Å². The quantitative estimate of drug-likeness (QED) is 0.635. The number of anilines is 1. The zero-order chi connectivity index (χ0) is 18.1. The zero-order valence-corrected chi connectivity index (χ0v) is 15.9. The second-order valence-corrected chi connectivity index (χ2v) is 7.11. The molecule has 0 fully saturated rings. The van der Waals surface area contributed by atoms with Gasteiger partial charge in [-0.3, -0.25) is 0 Å². The number of para-hydroxylation sites is 1. The second kappa shape index (κ2) is 7.22. The molecule has 26 heavy (non-hydrogen) atoms. The smallest absolute Gasteiger partial charge is 0.133 e. The Morgan fingerprint density at radius 2 is 1.96 bits per heavy atom. The van der Waals surface area contributed by atoms with Crippen molar-refractivity contribution in [3.05, 3.63) is 58.1 Å². The number of benzene rings is 2.